The van der Waals surface area contributed by atoms with Crippen molar-refractivity contribution in [2.45, 2.75) is 26.4 Å². The highest BCUT2D eigenvalue weighted by molar-refractivity contribution is 5.46. The molecule has 1 atom stereocenters. The van der Waals surface area contributed by atoms with Crippen molar-refractivity contribution in [2.75, 3.05) is 0 Å². The van der Waals surface area contributed by atoms with E-state index >= 15 is 0 Å². The number of nitrogens with zero attached hydrogens (tertiary/aromatic N) is 2. The molecule has 17 heavy (non-hydrogen) atoms. The molecule has 1 aromatic rings. The molecule has 0 saturated heterocycles. The van der Waals surface area contributed by atoms with Gasteiger partial charge in [-0.2, -0.15) is 5.26 Å². The smallest absolute Gasteiger partial charge is 0.270 e. The van der Waals surface area contributed by atoms with Gasteiger partial charge in [0.1, 0.15) is 0 Å². The average molecular weight is 234 g/mol. The second-order valence-electron chi connectivity index (χ2n) is 4.23. The van der Waals surface area contributed by atoms with Gasteiger partial charge in [-0.1, -0.05) is 19.9 Å². The van der Waals surface area contributed by atoms with Crippen LogP contribution in [0.15, 0.2) is 18.2 Å². The summed E-state index contributed by atoms with van der Waals surface area (Å²) in [6, 6.07) is 6.04. The molecule has 0 aliphatic rings. The van der Waals surface area contributed by atoms with Gasteiger partial charge < -0.3 is 5.11 Å². The van der Waals surface area contributed by atoms with E-state index < -0.39 is 11.0 Å². The van der Waals surface area contributed by atoms with Crippen molar-refractivity contribution in [1.29, 1.82) is 5.26 Å². The van der Waals surface area contributed by atoms with Gasteiger partial charge in [0.2, 0.25) is 0 Å². The minimum absolute atomic E-state index is 0.0803. The molecule has 0 fully saturated rings. The maximum absolute atomic E-state index is 10.6. The highest BCUT2D eigenvalue weighted by atomic mass is 16.6. The first-order valence-corrected chi connectivity index (χ1v) is 5.31. The van der Waals surface area contributed by atoms with E-state index in [1.807, 2.05) is 19.9 Å². The van der Waals surface area contributed by atoms with Crippen molar-refractivity contribution in [2.24, 2.45) is 5.92 Å². The Labute approximate surface area is 99.5 Å². The van der Waals surface area contributed by atoms with Crippen molar-refractivity contribution in [3.8, 4) is 6.07 Å². The third-order valence-electron chi connectivity index (χ3n) is 2.62. The molecule has 0 radical (unpaired) electrons. The van der Waals surface area contributed by atoms with Crippen LogP contribution in [-0.2, 0) is 6.42 Å². The summed E-state index contributed by atoms with van der Waals surface area (Å²) in [6.07, 6.45) is -0.220. The zero-order chi connectivity index (χ0) is 13.0. The van der Waals surface area contributed by atoms with Crippen LogP contribution in [0, 0.1) is 27.4 Å². The Balaban J connectivity index is 3.02. The standard InChI is InChI=1S/C12H14N2O3/c1-8(2)12(15)6-9-3-4-11(14(16)17)5-10(9)7-13/h3-5,8,12,15H,6H2,1-2H3. The molecule has 5 heteroatoms. The Hall–Kier alpha value is -1.93. The van der Waals surface area contributed by atoms with E-state index in [1.165, 1.54) is 18.2 Å². The lowest BCUT2D eigenvalue weighted by Gasteiger charge is -2.14. The van der Waals surface area contributed by atoms with Gasteiger partial charge in [0.15, 0.2) is 0 Å². The molecule has 0 bridgehead atoms. The molecule has 0 saturated carbocycles. The molecule has 1 unspecified atom stereocenters. The van der Waals surface area contributed by atoms with Gasteiger partial charge in [0.25, 0.3) is 5.69 Å². The monoisotopic (exact) mass is 234 g/mol. The van der Waals surface area contributed by atoms with Crippen LogP contribution in [0.5, 0.6) is 0 Å². The largest absolute Gasteiger partial charge is 0.393 e. The minimum Gasteiger partial charge on any atom is -0.393 e. The summed E-state index contributed by atoms with van der Waals surface area (Å²) >= 11 is 0. The van der Waals surface area contributed by atoms with Gasteiger partial charge >= 0.3 is 0 Å². The van der Waals surface area contributed by atoms with Crippen LogP contribution in [0.3, 0.4) is 0 Å². The van der Waals surface area contributed by atoms with Crippen LogP contribution in [0.25, 0.3) is 0 Å². The van der Waals surface area contributed by atoms with Crippen molar-refractivity contribution in [3.63, 3.8) is 0 Å². The first-order chi connectivity index (χ1) is 7.95. The van der Waals surface area contributed by atoms with E-state index in [4.69, 9.17) is 5.26 Å². The van der Waals surface area contributed by atoms with E-state index in [0.717, 1.165) is 0 Å². The summed E-state index contributed by atoms with van der Waals surface area (Å²) in [4.78, 5) is 10.0. The van der Waals surface area contributed by atoms with Gasteiger partial charge in [0, 0.05) is 12.1 Å². The maximum Gasteiger partial charge on any atom is 0.270 e. The second kappa shape index (κ2) is 5.41. The molecule has 0 heterocycles. The molecule has 0 amide bonds. The lowest BCUT2D eigenvalue weighted by Crippen LogP contribution is -2.18. The molecule has 1 rings (SSSR count). The molecular weight excluding hydrogens is 220 g/mol. The Morgan fingerprint density at radius 3 is 2.65 bits per heavy atom. The van der Waals surface area contributed by atoms with E-state index in [0.29, 0.717) is 12.0 Å². The van der Waals surface area contributed by atoms with Crippen LogP contribution >= 0.6 is 0 Å². The number of hydrogen-bond acceptors (Lipinski definition) is 4. The zero-order valence-corrected chi connectivity index (χ0v) is 9.75. The van der Waals surface area contributed by atoms with Crippen molar-refractivity contribution < 1.29 is 10.0 Å². The number of benzene rings is 1. The number of nitro benzene ring substituents is 1. The number of aliphatic hydroxyl groups excluding tert-OH is 1. The number of hydrogen-bond donors (Lipinski definition) is 1. The van der Waals surface area contributed by atoms with Crippen LogP contribution in [0.1, 0.15) is 25.0 Å². The predicted molar refractivity (Wildman–Crippen MR) is 62.4 cm³/mol. The van der Waals surface area contributed by atoms with Crippen LogP contribution in [-0.4, -0.2) is 16.1 Å². The van der Waals surface area contributed by atoms with E-state index in [2.05, 4.69) is 0 Å². The molecular formula is C12H14N2O3. The van der Waals surface area contributed by atoms with Crippen LogP contribution in [0.4, 0.5) is 5.69 Å². The third-order valence-corrected chi connectivity index (χ3v) is 2.62. The fourth-order valence-electron chi connectivity index (χ4n) is 1.42. The summed E-state index contributed by atoms with van der Waals surface area (Å²) < 4.78 is 0. The Bertz CT molecular complexity index is 463. The summed E-state index contributed by atoms with van der Waals surface area (Å²) in [6.45, 7) is 3.75. The van der Waals surface area contributed by atoms with Gasteiger partial charge in [0.05, 0.1) is 22.7 Å². The normalized spacial score (nSPS) is 12.2. The minimum atomic E-state index is -0.552. The summed E-state index contributed by atoms with van der Waals surface area (Å²) in [5.41, 5.74) is 0.780. The Morgan fingerprint density at radius 2 is 2.18 bits per heavy atom. The molecule has 1 aromatic carbocycles. The molecule has 90 valence electrons. The summed E-state index contributed by atoms with van der Waals surface area (Å²) in [5.74, 6) is 0.0803. The first kappa shape index (κ1) is 13.1. The number of nitriles is 1. The first-order valence-electron chi connectivity index (χ1n) is 5.31. The number of rotatable bonds is 4. The maximum atomic E-state index is 10.6. The summed E-state index contributed by atoms with van der Waals surface area (Å²) in [5, 5.41) is 29.2. The van der Waals surface area contributed by atoms with Gasteiger partial charge in [-0.3, -0.25) is 10.1 Å². The van der Waals surface area contributed by atoms with Crippen molar-refractivity contribution in [1.82, 2.24) is 0 Å². The quantitative estimate of drug-likeness (QED) is 0.637. The molecule has 0 aliphatic carbocycles. The highest BCUT2D eigenvalue weighted by Gasteiger charge is 2.15. The van der Waals surface area contributed by atoms with Crippen molar-refractivity contribution >= 4 is 5.69 Å². The molecule has 5 nitrogen and oxygen atoms in total. The number of nitro groups is 1. The predicted octanol–water partition coefficient (Wildman–Crippen LogP) is 2.03. The van der Waals surface area contributed by atoms with Gasteiger partial charge in [-0.25, -0.2) is 0 Å². The Kier molecular flexibility index (Phi) is 4.18. The SMILES string of the molecule is CC(C)C(O)Cc1ccc([N+](=O)[O-])cc1C#N. The van der Waals surface area contributed by atoms with Crippen LogP contribution in [0.2, 0.25) is 0 Å². The van der Waals surface area contributed by atoms with Gasteiger partial charge in [-0.05, 0) is 17.9 Å². The average Bonchev–Trinajstić information content (AvgIpc) is 2.28. The lowest BCUT2D eigenvalue weighted by molar-refractivity contribution is -0.384. The third kappa shape index (κ3) is 3.26. The molecule has 1 N–H and O–H groups in total. The van der Waals surface area contributed by atoms with Crippen LogP contribution < -0.4 is 0 Å². The van der Waals surface area contributed by atoms with Crippen molar-refractivity contribution in [3.05, 3.63) is 39.4 Å². The lowest BCUT2D eigenvalue weighted by atomic mass is 9.96. The fourth-order valence-corrected chi connectivity index (χ4v) is 1.42. The summed E-state index contributed by atoms with van der Waals surface area (Å²) in [7, 11) is 0. The molecule has 0 aliphatic heterocycles. The fraction of sp³-hybridized carbons (Fsp3) is 0.417. The second-order valence-corrected chi connectivity index (χ2v) is 4.23. The topological polar surface area (TPSA) is 87.2 Å². The van der Waals surface area contributed by atoms with E-state index in [1.54, 1.807) is 0 Å². The Morgan fingerprint density at radius 1 is 1.53 bits per heavy atom. The number of aliphatic hydroxyl groups is 1. The number of non-ortho nitro benzene ring substituents is 1. The molecule has 0 aromatic heterocycles. The molecule has 0 spiro atoms. The van der Waals surface area contributed by atoms with E-state index in [-0.39, 0.29) is 17.2 Å². The van der Waals surface area contributed by atoms with Gasteiger partial charge in [-0.15, -0.1) is 0 Å². The van der Waals surface area contributed by atoms with E-state index in [9.17, 15) is 15.2 Å². The highest BCUT2D eigenvalue weighted by Crippen LogP contribution is 2.20. The zero-order valence-electron chi connectivity index (χ0n) is 9.75.